The third-order valence-electron chi connectivity index (χ3n) is 3.58. The number of amides is 2. The van der Waals surface area contributed by atoms with Crippen LogP contribution < -0.4 is 10.6 Å². The van der Waals surface area contributed by atoms with E-state index in [2.05, 4.69) is 20.7 Å². The van der Waals surface area contributed by atoms with Crippen molar-refractivity contribution in [2.24, 2.45) is 0 Å². The van der Waals surface area contributed by atoms with Gasteiger partial charge in [-0.2, -0.15) is 5.10 Å². The van der Waals surface area contributed by atoms with Gasteiger partial charge in [0.25, 0.3) is 5.91 Å². The van der Waals surface area contributed by atoms with Crippen LogP contribution in [0.2, 0.25) is 0 Å². The molecule has 3 rings (SSSR count). The molecule has 2 amide bonds. The van der Waals surface area contributed by atoms with Crippen LogP contribution in [0.4, 0.5) is 5.69 Å². The van der Waals surface area contributed by atoms with Gasteiger partial charge in [-0.1, -0.05) is 12.8 Å². The van der Waals surface area contributed by atoms with Crippen LogP contribution in [-0.4, -0.2) is 32.6 Å². The second-order valence-corrected chi connectivity index (χ2v) is 6.02. The highest BCUT2D eigenvalue weighted by atomic mass is 32.1. The minimum absolute atomic E-state index is 0.0487. The van der Waals surface area contributed by atoms with E-state index in [1.807, 2.05) is 0 Å². The Kier molecular flexibility index (Phi) is 4.47. The molecule has 2 N–H and O–H groups in total. The number of nitrogens with zero attached hydrogens (tertiary/aromatic N) is 3. The van der Waals surface area contributed by atoms with Crippen molar-refractivity contribution in [1.82, 2.24) is 20.1 Å². The van der Waals surface area contributed by atoms with Gasteiger partial charge >= 0.3 is 0 Å². The first-order valence-electron chi connectivity index (χ1n) is 7.22. The normalized spacial score (nSPS) is 14.9. The van der Waals surface area contributed by atoms with Gasteiger partial charge < -0.3 is 10.6 Å². The fourth-order valence-electron chi connectivity index (χ4n) is 2.52. The van der Waals surface area contributed by atoms with E-state index in [1.165, 1.54) is 35.1 Å². The highest BCUT2D eigenvalue weighted by Crippen LogP contribution is 2.17. The van der Waals surface area contributed by atoms with E-state index in [0.29, 0.717) is 17.4 Å². The Morgan fingerprint density at radius 1 is 1.36 bits per heavy atom. The van der Waals surface area contributed by atoms with Crippen molar-refractivity contribution in [2.75, 3.05) is 5.32 Å². The Balaban J connectivity index is 1.52. The zero-order valence-corrected chi connectivity index (χ0v) is 12.8. The summed E-state index contributed by atoms with van der Waals surface area (Å²) in [4.78, 5) is 27.7. The summed E-state index contributed by atoms with van der Waals surface area (Å²) in [6, 6.07) is 0.298. The van der Waals surface area contributed by atoms with Crippen molar-refractivity contribution >= 4 is 28.8 Å². The third-order valence-corrected chi connectivity index (χ3v) is 4.17. The molecule has 2 heterocycles. The minimum atomic E-state index is -0.281. The molecule has 0 unspecified atom stereocenters. The number of anilines is 1. The Morgan fingerprint density at radius 2 is 2.18 bits per heavy atom. The molecule has 1 aliphatic carbocycles. The van der Waals surface area contributed by atoms with E-state index in [4.69, 9.17) is 0 Å². The quantitative estimate of drug-likeness (QED) is 0.877. The molecule has 0 aliphatic heterocycles. The van der Waals surface area contributed by atoms with Crippen LogP contribution in [0.1, 0.15) is 36.2 Å². The minimum Gasteiger partial charge on any atom is -0.352 e. The van der Waals surface area contributed by atoms with Crippen LogP contribution in [0.3, 0.4) is 0 Å². The fourth-order valence-corrected chi connectivity index (χ4v) is 3.06. The van der Waals surface area contributed by atoms with Crippen LogP contribution in [0, 0.1) is 0 Å². The average molecular weight is 319 g/mol. The molecule has 0 spiro atoms. The molecular formula is C14H17N5O2S. The molecule has 0 atom stereocenters. The SMILES string of the molecule is O=C(Cn1cc(NC(=O)c2cscn2)cn1)NC1CCCC1. The Labute approximate surface area is 131 Å². The maximum atomic E-state index is 11.9. The van der Waals surface area contributed by atoms with Crippen molar-refractivity contribution in [3.63, 3.8) is 0 Å². The van der Waals surface area contributed by atoms with E-state index in [0.717, 1.165) is 12.8 Å². The standard InChI is InChI=1S/C14H17N5O2S/c20-13(17-10-3-1-2-4-10)7-19-6-11(5-16-19)18-14(21)12-8-22-9-15-12/h5-6,8-10H,1-4,7H2,(H,17,20)(H,18,21). The molecular weight excluding hydrogens is 302 g/mol. The van der Waals surface area contributed by atoms with Gasteiger partial charge in [0.15, 0.2) is 0 Å². The first kappa shape index (κ1) is 14.7. The lowest BCUT2D eigenvalue weighted by Gasteiger charge is -2.11. The molecule has 22 heavy (non-hydrogen) atoms. The molecule has 0 aromatic carbocycles. The molecule has 116 valence electrons. The highest BCUT2D eigenvalue weighted by molar-refractivity contribution is 7.07. The summed E-state index contributed by atoms with van der Waals surface area (Å²) in [5, 5.41) is 11.5. The topological polar surface area (TPSA) is 88.9 Å². The number of aromatic nitrogens is 3. The Morgan fingerprint density at radius 3 is 2.91 bits per heavy atom. The second kappa shape index (κ2) is 6.69. The lowest BCUT2D eigenvalue weighted by Crippen LogP contribution is -2.35. The number of rotatable bonds is 5. The van der Waals surface area contributed by atoms with E-state index in [1.54, 1.807) is 17.1 Å². The monoisotopic (exact) mass is 319 g/mol. The molecule has 1 saturated carbocycles. The first-order valence-corrected chi connectivity index (χ1v) is 8.16. The van der Waals surface area contributed by atoms with Gasteiger partial charge in [0.2, 0.25) is 5.91 Å². The van der Waals surface area contributed by atoms with Gasteiger partial charge in [-0.05, 0) is 12.8 Å². The number of carbonyl (C=O) groups is 2. The molecule has 1 fully saturated rings. The molecule has 8 heteroatoms. The molecule has 7 nitrogen and oxygen atoms in total. The van der Waals surface area contributed by atoms with E-state index < -0.39 is 0 Å². The zero-order chi connectivity index (χ0) is 15.4. The van der Waals surface area contributed by atoms with Gasteiger partial charge in [0.1, 0.15) is 12.2 Å². The number of nitrogens with one attached hydrogen (secondary N) is 2. The first-order chi connectivity index (χ1) is 10.7. The van der Waals surface area contributed by atoms with Crippen LogP contribution in [0.15, 0.2) is 23.3 Å². The number of thiazole rings is 1. The van der Waals surface area contributed by atoms with E-state index in [9.17, 15) is 9.59 Å². The Hall–Kier alpha value is -2.22. The van der Waals surface area contributed by atoms with Gasteiger partial charge in [0.05, 0.1) is 17.4 Å². The highest BCUT2D eigenvalue weighted by Gasteiger charge is 2.17. The lowest BCUT2D eigenvalue weighted by molar-refractivity contribution is -0.122. The predicted molar refractivity (Wildman–Crippen MR) is 82.7 cm³/mol. The predicted octanol–water partition coefficient (Wildman–Crippen LogP) is 1.65. The van der Waals surface area contributed by atoms with E-state index in [-0.39, 0.29) is 18.4 Å². The summed E-state index contributed by atoms with van der Waals surface area (Å²) < 4.78 is 1.51. The molecule has 2 aromatic heterocycles. The Bertz CT molecular complexity index is 646. The average Bonchev–Trinajstić information content (AvgIpc) is 3.20. The van der Waals surface area contributed by atoms with Crippen molar-refractivity contribution in [3.8, 4) is 0 Å². The molecule has 2 aromatic rings. The van der Waals surface area contributed by atoms with Crippen LogP contribution in [0.5, 0.6) is 0 Å². The smallest absolute Gasteiger partial charge is 0.275 e. The fraction of sp³-hybridized carbons (Fsp3) is 0.429. The summed E-state index contributed by atoms with van der Waals surface area (Å²) >= 11 is 1.36. The number of carbonyl (C=O) groups excluding carboxylic acids is 2. The summed E-state index contributed by atoms with van der Waals surface area (Å²) in [7, 11) is 0. The maximum absolute atomic E-state index is 11.9. The summed E-state index contributed by atoms with van der Waals surface area (Å²) in [5.41, 5.74) is 2.52. The van der Waals surface area contributed by atoms with Crippen LogP contribution in [-0.2, 0) is 11.3 Å². The van der Waals surface area contributed by atoms with Gasteiger partial charge in [-0.15, -0.1) is 11.3 Å². The van der Waals surface area contributed by atoms with Gasteiger partial charge in [-0.25, -0.2) is 4.98 Å². The summed E-state index contributed by atoms with van der Waals surface area (Å²) in [6.07, 6.45) is 7.63. The second-order valence-electron chi connectivity index (χ2n) is 5.30. The van der Waals surface area contributed by atoms with E-state index >= 15 is 0 Å². The summed E-state index contributed by atoms with van der Waals surface area (Å²) in [5.74, 6) is -0.330. The lowest BCUT2D eigenvalue weighted by atomic mass is 10.2. The largest absolute Gasteiger partial charge is 0.352 e. The van der Waals surface area contributed by atoms with Gasteiger partial charge in [0, 0.05) is 17.6 Å². The zero-order valence-electron chi connectivity index (χ0n) is 12.0. The molecule has 0 bridgehead atoms. The maximum Gasteiger partial charge on any atom is 0.275 e. The van der Waals surface area contributed by atoms with Gasteiger partial charge in [-0.3, -0.25) is 14.3 Å². The molecule has 0 radical (unpaired) electrons. The summed E-state index contributed by atoms with van der Waals surface area (Å²) in [6.45, 7) is 0.156. The number of hydrogen-bond donors (Lipinski definition) is 2. The number of hydrogen-bond acceptors (Lipinski definition) is 5. The van der Waals surface area contributed by atoms with Crippen molar-refractivity contribution in [3.05, 3.63) is 29.0 Å². The molecule has 0 saturated heterocycles. The van der Waals surface area contributed by atoms with Crippen molar-refractivity contribution in [1.29, 1.82) is 0 Å². The van der Waals surface area contributed by atoms with Crippen LogP contribution in [0.25, 0.3) is 0 Å². The van der Waals surface area contributed by atoms with Crippen molar-refractivity contribution < 1.29 is 9.59 Å². The third kappa shape index (κ3) is 3.70. The molecule has 1 aliphatic rings. The van der Waals surface area contributed by atoms with Crippen LogP contribution >= 0.6 is 11.3 Å². The van der Waals surface area contributed by atoms with Crippen molar-refractivity contribution in [2.45, 2.75) is 38.3 Å².